The summed E-state index contributed by atoms with van der Waals surface area (Å²) in [4.78, 5) is 22.5. The lowest BCUT2D eigenvalue weighted by molar-refractivity contribution is -0.384. The molecule has 1 aliphatic carbocycles. The maximum absolute atomic E-state index is 12.3. The molecule has 0 bridgehead atoms. The number of nitro groups is 1. The van der Waals surface area contributed by atoms with Gasteiger partial charge in [-0.15, -0.1) is 0 Å². The first-order valence-corrected chi connectivity index (χ1v) is 8.03. The Hall–Kier alpha value is -3.99. The van der Waals surface area contributed by atoms with Gasteiger partial charge in [-0.2, -0.15) is 10.4 Å². The third kappa shape index (κ3) is 3.67. The predicted molar refractivity (Wildman–Crippen MR) is 97.8 cm³/mol. The van der Waals surface area contributed by atoms with E-state index in [0.29, 0.717) is 12.0 Å². The van der Waals surface area contributed by atoms with E-state index >= 15 is 0 Å². The molecule has 0 saturated carbocycles. The Morgan fingerprint density at radius 3 is 2.81 bits per heavy atom. The monoisotopic (exact) mass is 362 g/mol. The molecule has 0 unspecified atom stereocenters. The highest BCUT2D eigenvalue weighted by molar-refractivity contribution is 6.06. The number of allylic oxidation sites excluding steroid dienone is 1. The van der Waals surface area contributed by atoms with Gasteiger partial charge in [0.15, 0.2) is 0 Å². The van der Waals surface area contributed by atoms with Crippen molar-refractivity contribution >= 4 is 23.4 Å². The zero-order chi connectivity index (χ0) is 19.4. The molecule has 2 aromatic rings. The number of carbonyl (C=O) groups excluding carboxylic acids is 1. The van der Waals surface area contributed by atoms with E-state index in [1.165, 1.54) is 6.07 Å². The summed E-state index contributed by atoms with van der Waals surface area (Å²) in [6.07, 6.45) is 2.43. The molecule has 2 N–H and O–H groups in total. The van der Waals surface area contributed by atoms with E-state index < -0.39 is 10.8 Å². The molecule has 0 aromatic heterocycles. The molecule has 134 valence electrons. The van der Waals surface area contributed by atoms with Crippen molar-refractivity contribution < 1.29 is 14.8 Å². The number of nitro benzene ring substituents is 1. The normalized spacial score (nSPS) is 14.5. The minimum atomic E-state index is -0.676. The number of fused-ring (bicyclic) bond motifs is 1. The van der Waals surface area contributed by atoms with Crippen LogP contribution in [0.2, 0.25) is 0 Å². The molecular formula is C19H14N4O4. The molecule has 0 heterocycles. The van der Waals surface area contributed by atoms with Crippen molar-refractivity contribution in [2.24, 2.45) is 5.10 Å². The first kappa shape index (κ1) is 17.8. The Kier molecular flexibility index (Phi) is 4.95. The number of aromatic hydroxyl groups is 1. The fourth-order valence-electron chi connectivity index (χ4n) is 2.92. The summed E-state index contributed by atoms with van der Waals surface area (Å²) in [5.74, 6) is -0.896. The molecule has 27 heavy (non-hydrogen) atoms. The molecule has 0 radical (unpaired) electrons. The van der Waals surface area contributed by atoms with Crippen molar-refractivity contribution in [3.05, 3.63) is 74.8 Å². The number of carbonyl (C=O) groups is 1. The van der Waals surface area contributed by atoms with Gasteiger partial charge >= 0.3 is 0 Å². The second-order valence-electron chi connectivity index (χ2n) is 5.82. The quantitative estimate of drug-likeness (QED) is 0.284. The Morgan fingerprint density at radius 2 is 2.07 bits per heavy atom. The van der Waals surface area contributed by atoms with Gasteiger partial charge in [0.1, 0.15) is 17.4 Å². The number of benzene rings is 2. The summed E-state index contributed by atoms with van der Waals surface area (Å²) in [6, 6.07) is 12.9. The van der Waals surface area contributed by atoms with Gasteiger partial charge in [-0.3, -0.25) is 14.9 Å². The fourth-order valence-corrected chi connectivity index (χ4v) is 2.92. The number of hydrazone groups is 1. The summed E-state index contributed by atoms with van der Waals surface area (Å²) >= 11 is 0. The summed E-state index contributed by atoms with van der Waals surface area (Å²) in [5.41, 5.74) is 4.69. The van der Waals surface area contributed by atoms with Crippen molar-refractivity contribution in [1.82, 2.24) is 5.43 Å². The minimum absolute atomic E-state index is 0.0274. The summed E-state index contributed by atoms with van der Waals surface area (Å²) in [5, 5.41) is 33.6. The first-order valence-electron chi connectivity index (χ1n) is 8.03. The smallest absolute Gasteiger partial charge is 0.282 e. The van der Waals surface area contributed by atoms with Crippen LogP contribution in [0.15, 0.2) is 53.1 Å². The highest BCUT2D eigenvalue weighted by Gasteiger charge is 2.23. The standard InChI is InChI=1S/C19H14N4O4/c20-10-17(16-7-5-12-3-1-2-4-15(12)16)19(25)22-21-11-13-9-14(23(26)27)6-8-18(13)24/h1-4,6,8-9,11,24H,5,7H2,(H,22,25)/b17-16+,21-11+. The number of rotatable bonds is 4. The molecule has 0 fully saturated rings. The maximum Gasteiger partial charge on any atom is 0.282 e. The number of nitrogens with one attached hydrogen (secondary N) is 1. The molecule has 0 spiro atoms. The van der Waals surface area contributed by atoms with Crippen LogP contribution >= 0.6 is 0 Å². The third-order valence-corrected chi connectivity index (χ3v) is 4.22. The van der Waals surface area contributed by atoms with Crippen molar-refractivity contribution in [3.63, 3.8) is 0 Å². The minimum Gasteiger partial charge on any atom is -0.507 e. The molecule has 3 rings (SSSR count). The highest BCUT2D eigenvalue weighted by atomic mass is 16.6. The van der Waals surface area contributed by atoms with Crippen LogP contribution < -0.4 is 5.43 Å². The van der Waals surface area contributed by atoms with Gasteiger partial charge in [-0.25, -0.2) is 5.43 Å². The molecule has 1 aliphatic rings. The number of non-ortho nitro benzene ring substituents is 1. The molecule has 0 atom stereocenters. The highest BCUT2D eigenvalue weighted by Crippen LogP contribution is 2.34. The number of phenols is 1. The summed E-state index contributed by atoms with van der Waals surface area (Å²) in [6.45, 7) is 0. The average molecular weight is 362 g/mol. The molecule has 8 nitrogen and oxygen atoms in total. The van der Waals surface area contributed by atoms with Gasteiger partial charge in [0.05, 0.1) is 11.1 Å². The molecule has 0 aliphatic heterocycles. The lowest BCUT2D eigenvalue weighted by atomic mass is 10.0. The molecule has 1 amide bonds. The van der Waals surface area contributed by atoms with E-state index in [2.05, 4.69) is 10.5 Å². The Bertz CT molecular complexity index is 1030. The molecule has 8 heteroatoms. The van der Waals surface area contributed by atoms with Gasteiger partial charge in [0.25, 0.3) is 11.6 Å². The lowest BCUT2D eigenvalue weighted by Gasteiger charge is -2.04. The van der Waals surface area contributed by atoms with E-state index in [0.717, 1.165) is 35.9 Å². The number of phenolic OH excluding ortho intramolecular Hbond substituents is 1. The van der Waals surface area contributed by atoms with Crippen LogP contribution in [0, 0.1) is 21.4 Å². The summed E-state index contributed by atoms with van der Waals surface area (Å²) in [7, 11) is 0. The number of nitrogens with zero attached hydrogens (tertiary/aromatic N) is 3. The Morgan fingerprint density at radius 1 is 1.30 bits per heavy atom. The number of amides is 1. The van der Waals surface area contributed by atoms with E-state index in [1.807, 2.05) is 30.3 Å². The Balaban J connectivity index is 1.81. The average Bonchev–Trinajstić information content (AvgIpc) is 3.08. The fraction of sp³-hybridized carbons (Fsp3) is 0.105. The second kappa shape index (κ2) is 7.49. The van der Waals surface area contributed by atoms with Gasteiger partial charge in [0, 0.05) is 17.7 Å². The number of aryl methyl sites for hydroxylation is 1. The topological polar surface area (TPSA) is 129 Å². The van der Waals surface area contributed by atoms with Crippen LogP contribution in [0.4, 0.5) is 5.69 Å². The van der Waals surface area contributed by atoms with Crippen molar-refractivity contribution in [3.8, 4) is 11.8 Å². The third-order valence-electron chi connectivity index (χ3n) is 4.22. The number of hydrogen-bond donors (Lipinski definition) is 2. The Labute approximate surface area is 154 Å². The predicted octanol–water partition coefficient (Wildman–Crippen LogP) is 2.67. The molecular weight excluding hydrogens is 348 g/mol. The van der Waals surface area contributed by atoms with Crippen LogP contribution in [0.3, 0.4) is 0 Å². The van der Waals surface area contributed by atoms with Crippen LogP contribution in [0.1, 0.15) is 23.1 Å². The lowest BCUT2D eigenvalue weighted by Crippen LogP contribution is -2.20. The van der Waals surface area contributed by atoms with E-state index in [4.69, 9.17) is 0 Å². The van der Waals surface area contributed by atoms with Gasteiger partial charge in [-0.1, -0.05) is 24.3 Å². The maximum atomic E-state index is 12.3. The summed E-state index contributed by atoms with van der Waals surface area (Å²) < 4.78 is 0. The van der Waals surface area contributed by atoms with Crippen molar-refractivity contribution in [2.45, 2.75) is 12.8 Å². The zero-order valence-corrected chi connectivity index (χ0v) is 14.0. The number of nitriles is 1. The van der Waals surface area contributed by atoms with Crippen LogP contribution in [-0.4, -0.2) is 22.2 Å². The van der Waals surface area contributed by atoms with E-state index in [-0.39, 0.29) is 22.6 Å². The SMILES string of the molecule is N#C/C(C(=O)N/N=C/c1cc([N+](=O)[O-])ccc1O)=C1/CCc2ccccc21. The van der Waals surface area contributed by atoms with Crippen LogP contribution in [0.25, 0.3) is 5.57 Å². The second-order valence-corrected chi connectivity index (χ2v) is 5.82. The van der Waals surface area contributed by atoms with Gasteiger partial charge < -0.3 is 5.11 Å². The van der Waals surface area contributed by atoms with Gasteiger partial charge in [-0.05, 0) is 35.6 Å². The largest absolute Gasteiger partial charge is 0.507 e. The number of hydrogen-bond acceptors (Lipinski definition) is 6. The zero-order valence-electron chi connectivity index (χ0n) is 14.0. The van der Waals surface area contributed by atoms with Crippen LogP contribution in [-0.2, 0) is 11.2 Å². The van der Waals surface area contributed by atoms with E-state index in [9.17, 15) is 25.3 Å². The molecule has 2 aromatic carbocycles. The molecule has 0 saturated heterocycles. The van der Waals surface area contributed by atoms with Gasteiger partial charge in [0.2, 0.25) is 0 Å². The first-order chi connectivity index (χ1) is 13.0. The van der Waals surface area contributed by atoms with Crippen molar-refractivity contribution in [1.29, 1.82) is 5.26 Å². The van der Waals surface area contributed by atoms with E-state index in [1.54, 1.807) is 0 Å². The van der Waals surface area contributed by atoms with Crippen LogP contribution in [0.5, 0.6) is 5.75 Å². The van der Waals surface area contributed by atoms with Crippen molar-refractivity contribution in [2.75, 3.05) is 0 Å².